The van der Waals surface area contributed by atoms with Crippen LogP contribution in [0.5, 0.6) is 0 Å². The first kappa shape index (κ1) is 28.3. The van der Waals surface area contributed by atoms with Gasteiger partial charge < -0.3 is 15.5 Å². The number of nitrogens with zero attached hydrogens (tertiary/aromatic N) is 3. The summed E-state index contributed by atoms with van der Waals surface area (Å²) in [5.41, 5.74) is 7.35. The molecule has 40 heavy (non-hydrogen) atoms. The molecule has 0 spiro atoms. The van der Waals surface area contributed by atoms with Crippen LogP contribution in [-0.4, -0.2) is 50.7 Å². The number of anilines is 2. The van der Waals surface area contributed by atoms with Gasteiger partial charge in [-0.05, 0) is 66.7 Å². The smallest absolute Gasteiger partial charge is 0.376 e. The zero-order chi connectivity index (χ0) is 28.8. The summed E-state index contributed by atoms with van der Waals surface area (Å²) in [4.78, 5) is 4.15. The maximum absolute atomic E-state index is 14.0. The van der Waals surface area contributed by atoms with E-state index in [2.05, 4.69) is 4.90 Å². The summed E-state index contributed by atoms with van der Waals surface area (Å²) < 4.78 is 70.1. The summed E-state index contributed by atoms with van der Waals surface area (Å²) in [6.45, 7) is 3.60. The number of nitrogens with two attached hydrogens (primary N) is 1. The highest BCUT2D eigenvalue weighted by atomic mass is 35.5. The Kier molecular flexibility index (Phi) is 7.49. The molecule has 0 amide bonds. The van der Waals surface area contributed by atoms with Gasteiger partial charge in [-0.15, -0.1) is 0 Å². The van der Waals surface area contributed by atoms with Crippen molar-refractivity contribution in [3.63, 3.8) is 0 Å². The van der Waals surface area contributed by atoms with Crippen LogP contribution < -0.4 is 14.9 Å². The lowest BCUT2D eigenvalue weighted by atomic mass is 10.0. The van der Waals surface area contributed by atoms with Crippen molar-refractivity contribution < 1.29 is 21.6 Å². The Morgan fingerprint density at radius 3 is 2.48 bits per heavy atom. The number of fused-ring (bicyclic) bond motifs is 3. The molecule has 2 aliphatic rings. The average Bonchev–Trinajstić information content (AvgIpc) is 2.90. The zero-order valence-electron chi connectivity index (χ0n) is 21.4. The first-order chi connectivity index (χ1) is 18.9. The predicted octanol–water partition coefficient (Wildman–Crippen LogP) is 5.78. The Morgan fingerprint density at radius 1 is 1.02 bits per heavy atom. The van der Waals surface area contributed by atoms with Crippen LogP contribution in [0.3, 0.4) is 0 Å². The molecule has 0 unspecified atom stereocenters. The van der Waals surface area contributed by atoms with Crippen molar-refractivity contribution in [2.75, 3.05) is 35.4 Å². The summed E-state index contributed by atoms with van der Waals surface area (Å²) in [5, 5.41) is 0.225. The van der Waals surface area contributed by atoms with Gasteiger partial charge in [0, 0.05) is 30.2 Å². The number of benzene rings is 3. The van der Waals surface area contributed by atoms with Gasteiger partial charge in [-0.3, -0.25) is 4.31 Å². The molecule has 6 nitrogen and oxygen atoms in total. The summed E-state index contributed by atoms with van der Waals surface area (Å²) in [5.74, 6) is 0. The number of piperazine rings is 1. The summed E-state index contributed by atoms with van der Waals surface area (Å²) in [6, 6.07) is 15.3. The quantitative estimate of drug-likeness (QED) is 0.300. The minimum Gasteiger partial charge on any atom is -0.376 e. The second-order valence-electron chi connectivity index (χ2n) is 9.76. The van der Waals surface area contributed by atoms with Crippen molar-refractivity contribution in [1.29, 1.82) is 0 Å². The molecule has 1 saturated heterocycles. The Bertz CT molecular complexity index is 1610. The molecule has 3 aromatic rings. The van der Waals surface area contributed by atoms with E-state index in [4.69, 9.17) is 29.6 Å². The van der Waals surface area contributed by atoms with E-state index in [0.717, 1.165) is 11.6 Å². The van der Waals surface area contributed by atoms with Crippen LogP contribution in [0.2, 0.25) is 5.02 Å². The maximum atomic E-state index is 14.0. The van der Waals surface area contributed by atoms with Gasteiger partial charge in [0.25, 0.3) is 10.0 Å². The lowest BCUT2D eigenvalue weighted by Gasteiger charge is -2.49. The van der Waals surface area contributed by atoms with Gasteiger partial charge in [0.1, 0.15) is 0 Å². The van der Waals surface area contributed by atoms with Crippen LogP contribution in [0.1, 0.15) is 22.3 Å². The van der Waals surface area contributed by atoms with E-state index in [-0.39, 0.29) is 33.2 Å². The Balaban J connectivity index is 1.59. The highest BCUT2D eigenvalue weighted by Gasteiger charge is 2.40. The normalized spacial score (nSPS) is 17.6. The van der Waals surface area contributed by atoms with Gasteiger partial charge in [0.05, 0.1) is 34.4 Å². The predicted molar refractivity (Wildman–Crippen MR) is 157 cm³/mol. The Morgan fingerprint density at radius 2 is 1.77 bits per heavy atom. The molecule has 0 radical (unpaired) electrons. The van der Waals surface area contributed by atoms with E-state index in [1.54, 1.807) is 36.4 Å². The minimum atomic E-state index is -4.58. The highest BCUT2D eigenvalue weighted by Crippen LogP contribution is 2.41. The number of sulfonamides is 1. The van der Waals surface area contributed by atoms with Crippen molar-refractivity contribution in [3.8, 4) is 0 Å². The maximum Gasteiger partial charge on any atom is 0.417 e. The summed E-state index contributed by atoms with van der Waals surface area (Å²) in [7, 11) is -3.97. The standard InChI is InChI=1S/C28H26ClF3N4O2S2/c1-18-4-2-5-21(14-18)40(37,38)36-17-20-16-34(27(33)39)12-13-35(20)25-11-9-19(15-26(25)36)8-10-22-23(28(30,31)32)6-3-7-24(22)29/h2-11,14-15,20H,12-13,16-17H2,1H3,(H2,33,39)/b10-8+/t20-/m0/s1. The van der Waals surface area contributed by atoms with Gasteiger partial charge in [-0.25, -0.2) is 8.42 Å². The van der Waals surface area contributed by atoms with E-state index >= 15 is 0 Å². The third-order valence-electron chi connectivity index (χ3n) is 7.13. The molecular weight excluding hydrogens is 581 g/mol. The van der Waals surface area contributed by atoms with Crippen molar-refractivity contribution >= 4 is 62.5 Å². The number of hydrogen-bond donors (Lipinski definition) is 1. The molecule has 0 aliphatic carbocycles. The lowest BCUT2D eigenvalue weighted by molar-refractivity contribution is -0.137. The van der Waals surface area contributed by atoms with Gasteiger partial charge in [-0.1, -0.05) is 48.0 Å². The fourth-order valence-corrected chi connectivity index (χ4v) is 7.19. The first-order valence-electron chi connectivity index (χ1n) is 12.4. The molecule has 2 aliphatic heterocycles. The molecule has 2 N–H and O–H groups in total. The molecule has 210 valence electrons. The molecule has 0 saturated carbocycles. The van der Waals surface area contributed by atoms with E-state index in [9.17, 15) is 21.6 Å². The number of thiocarbonyl (C=S) groups is 1. The topological polar surface area (TPSA) is 69.9 Å². The molecule has 2 heterocycles. The molecule has 1 fully saturated rings. The van der Waals surface area contributed by atoms with Crippen molar-refractivity contribution in [2.45, 2.75) is 24.0 Å². The van der Waals surface area contributed by atoms with Gasteiger partial charge in [0.15, 0.2) is 5.11 Å². The zero-order valence-corrected chi connectivity index (χ0v) is 23.8. The molecule has 3 aromatic carbocycles. The van der Waals surface area contributed by atoms with Crippen LogP contribution in [-0.2, 0) is 16.2 Å². The molecule has 5 rings (SSSR count). The Labute approximate surface area is 241 Å². The largest absolute Gasteiger partial charge is 0.417 e. The van der Waals surface area contributed by atoms with Crippen LogP contribution >= 0.6 is 23.8 Å². The van der Waals surface area contributed by atoms with Gasteiger partial charge in [0.2, 0.25) is 0 Å². The molecular formula is C28H26ClF3N4O2S2. The van der Waals surface area contributed by atoms with E-state index in [0.29, 0.717) is 36.6 Å². The fraction of sp³-hybridized carbons (Fsp3) is 0.250. The van der Waals surface area contributed by atoms with Crippen LogP contribution in [0, 0.1) is 6.92 Å². The number of alkyl halides is 3. The third-order valence-corrected chi connectivity index (χ3v) is 9.49. The molecule has 0 aromatic heterocycles. The fourth-order valence-electron chi connectivity index (χ4n) is 5.17. The highest BCUT2D eigenvalue weighted by molar-refractivity contribution is 7.92. The second-order valence-corrected chi connectivity index (χ2v) is 12.5. The van der Waals surface area contributed by atoms with E-state index in [1.165, 1.54) is 28.6 Å². The third kappa shape index (κ3) is 5.37. The molecule has 0 bridgehead atoms. The van der Waals surface area contributed by atoms with Crippen molar-refractivity contribution in [2.24, 2.45) is 5.73 Å². The number of aryl methyl sites for hydroxylation is 1. The van der Waals surface area contributed by atoms with Crippen molar-refractivity contribution in [3.05, 3.63) is 87.9 Å². The average molecular weight is 607 g/mol. The number of rotatable bonds is 4. The van der Waals surface area contributed by atoms with E-state index < -0.39 is 21.8 Å². The van der Waals surface area contributed by atoms with Crippen LogP contribution in [0.15, 0.2) is 65.6 Å². The Hall–Kier alpha value is -3.28. The van der Waals surface area contributed by atoms with Gasteiger partial charge in [-0.2, -0.15) is 13.2 Å². The second kappa shape index (κ2) is 10.6. The number of halogens is 4. The number of hydrogen-bond acceptors (Lipinski definition) is 4. The van der Waals surface area contributed by atoms with Crippen LogP contribution in [0.25, 0.3) is 12.2 Å². The monoisotopic (exact) mass is 606 g/mol. The molecule has 12 heteroatoms. The van der Waals surface area contributed by atoms with Gasteiger partial charge >= 0.3 is 6.18 Å². The minimum absolute atomic E-state index is 0.0359. The van der Waals surface area contributed by atoms with Crippen molar-refractivity contribution in [1.82, 2.24) is 4.90 Å². The first-order valence-corrected chi connectivity index (χ1v) is 14.7. The summed E-state index contributed by atoms with van der Waals surface area (Å²) in [6.07, 6.45) is -1.77. The van der Waals surface area contributed by atoms with E-state index in [1.807, 2.05) is 17.9 Å². The van der Waals surface area contributed by atoms with Crippen LogP contribution in [0.4, 0.5) is 24.5 Å². The lowest BCUT2D eigenvalue weighted by Crippen LogP contribution is -2.62. The molecule has 1 atom stereocenters. The SMILES string of the molecule is Cc1cccc(S(=O)(=O)N2C[C@@H]3CN(C(N)=S)CCN3c3ccc(/C=C/c4c(Cl)cccc4C(F)(F)F)cc32)c1. The summed E-state index contributed by atoms with van der Waals surface area (Å²) >= 11 is 11.3.